The van der Waals surface area contributed by atoms with Gasteiger partial charge in [0.1, 0.15) is 0 Å². The number of guanidine groups is 1. The number of hydrogen-bond donors (Lipinski definition) is 1. The summed E-state index contributed by atoms with van der Waals surface area (Å²) in [5, 5.41) is 3.38. The molecule has 0 amide bonds. The van der Waals surface area contributed by atoms with Crippen LogP contribution in [0.5, 0.6) is 0 Å². The van der Waals surface area contributed by atoms with E-state index < -0.39 is 0 Å². The van der Waals surface area contributed by atoms with Gasteiger partial charge in [0, 0.05) is 6.42 Å². The van der Waals surface area contributed by atoms with E-state index in [9.17, 15) is 0 Å². The Kier molecular flexibility index (Phi) is 5.68. The second-order valence-corrected chi connectivity index (χ2v) is 3.62. The van der Waals surface area contributed by atoms with E-state index in [-0.39, 0.29) is 6.04 Å². The van der Waals surface area contributed by atoms with E-state index in [1.165, 1.54) is 0 Å². The van der Waals surface area contributed by atoms with Crippen LogP contribution in [0.15, 0.2) is 25.3 Å². The Hall–Kier alpha value is -1.25. The zero-order valence-electron chi connectivity index (χ0n) is 9.75. The molecule has 0 aliphatic heterocycles. The van der Waals surface area contributed by atoms with Gasteiger partial charge in [0.15, 0.2) is 0 Å². The van der Waals surface area contributed by atoms with Gasteiger partial charge in [-0.15, -0.1) is 6.58 Å². The number of nitrogens with zero attached hydrogens (tertiary/aromatic N) is 2. The van der Waals surface area contributed by atoms with Gasteiger partial charge in [0.2, 0.25) is 0 Å². The first-order chi connectivity index (χ1) is 6.52. The largest absolute Gasteiger partial charge is 0.347 e. The minimum atomic E-state index is 0.243. The van der Waals surface area contributed by atoms with Gasteiger partial charge in [-0.25, -0.2) is 0 Å². The Balaban J connectivity index is 4.50. The van der Waals surface area contributed by atoms with Crippen molar-refractivity contribution in [2.24, 2.45) is 0 Å². The highest BCUT2D eigenvalue weighted by atomic mass is 15.3. The molecule has 0 fully saturated rings. The second-order valence-electron chi connectivity index (χ2n) is 3.62. The first kappa shape index (κ1) is 12.8. The Labute approximate surface area is 87.4 Å². The van der Waals surface area contributed by atoms with Crippen LogP contribution in [0, 0.1) is 0 Å². The molecule has 80 valence electrons. The highest BCUT2D eigenvalue weighted by Crippen LogP contribution is 1.94. The van der Waals surface area contributed by atoms with Crippen molar-refractivity contribution in [3.8, 4) is 0 Å². The molecule has 0 aromatic carbocycles. The summed E-state index contributed by atoms with van der Waals surface area (Å²) >= 11 is 0. The molecule has 0 bridgehead atoms. The molecule has 3 nitrogen and oxygen atoms in total. The van der Waals surface area contributed by atoms with Crippen LogP contribution in [0.2, 0.25) is 0 Å². The van der Waals surface area contributed by atoms with Crippen LogP contribution < -0.4 is 5.32 Å². The third-order valence-corrected chi connectivity index (χ3v) is 1.87. The van der Waals surface area contributed by atoms with E-state index in [0.29, 0.717) is 0 Å². The molecule has 1 N–H and O–H groups in total. The molecular weight excluding hydrogens is 174 g/mol. The first-order valence-corrected chi connectivity index (χ1v) is 4.74. The van der Waals surface area contributed by atoms with Gasteiger partial charge in [-0.2, -0.15) is 0 Å². The molecule has 0 aliphatic rings. The van der Waals surface area contributed by atoms with E-state index in [2.05, 4.69) is 18.5 Å². The van der Waals surface area contributed by atoms with Gasteiger partial charge in [-0.3, -0.25) is 14.8 Å². The van der Waals surface area contributed by atoms with Gasteiger partial charge in [0.25, 0.3) is 0 Å². The summed E-state index contributed by atoms with van der Waals surface area (Å²) in [6, 6.07) is 0.243. The van der Waals surface area contributed by atoms with Crippen molar-refractivity contribution in [3.05, 3.63) is 25.3 Å². The van der Waals surface area contributed by atoms with Crippen LogP contribution in [0.3, 0.4) is 0 Å². The van der Waals surface area contributed by atoms with Gasteiger partial charge >= 0.3 is 5.96 Å². The van der Waals surface area contributed by atoms with E-state index in [1.807, 2.05) is 49.8 Å². The molecule has 1 unspecified atom stereocenters. The van der Waals surface area contributed by atoms with Crippen LogP contribution in [-0.4, -0.2) is 49.7 Å². The third kappa shape index (κ3) is 4.12. The topological polar surface area (TPSA) is 18.3 Å². The summed E-state index contributed by atoms with van der Waals surface area (Å²) in [6.45, 7) is 7.51. The fourth-order valence-corrected chi connectivity index (χ4v) is 1.22. The molecular formula is C11H22N3+. The van der Waals surface area contributed by atoms with Crippen molar-refractivity contribution < 1.29 is 4.58 Å². The SMILES string of the molecule is C=CCC(C=C)NC(N(C)C)=[N+](C)C. The van der Waals surface area contributed by atoms with Gasteiger partial charge < -0.3 is 0 Å². The standard InChI is InChI=1S/C11H21N3/c1-7-9-10(8-2)12-11(13(3)4)14(5)6/h7-8,10H,1-2,9H2,3-6H3/p+1. The van der Waals surface area contributed by atoms with Crippen LogP contribution in [0.25, 0.3) is 0 Å². The molecule has 3 heteroatoms. The second kappa shape index (κ2) is 6.24. The number of rotatable bonds is 4. The summed E-state index contributed by atoms with van der Waals surface area (Å²) in [6.07, 6.45) is 4.67. The van der Waals surface area contributed by atoms with Crippen LogP contribution in [-0.2, 0) is 0 Å². The molecule has 0 aliphatic carbocycles. The average Bonchev–Trinajstić information content (AvgIpc) is 2.10. The van der Waals surface area contributed by atoms with E-state index in [1.54, 1.807) is 0 Å². The monoisotopic (exact) mass is 196 g/mol. The zero-order valence-corrected chi connectivity index (χ0v) is 9.75. The van der Waals surface area contributed by atoms with Gasteiger partial charge in [-0.05, 0) is 0 Å². The lowest BCUT2D eigenvalue weighted by Gasteiger charge is -2.16. The van der Waals surface area contributed by atoms with Crippen molar-refractivity contribution in [2.45, 2.75) is 12.5 Å². The average molecular weight is 196 g/mol. The maximum Gasteiger partial charge on any atom is 0.347 e. The van der Waals surface area contributed by atoms with E-state index >= 15 is 0 Å². The molecule has 0 aromatic heterocycles. The molecule has 0 spiro atoms. The Bertz CT molecular complexity index is 225. The van der Waals surface area contributed by atoms with E-state index in [4.69, 9.17) is 0 Å². The van der Waals surface area contributed by atoms with Crippen molar-refractivity contribution in [1.29, 1.82) is 0 Å². The maximum absolute atomic E-state index is 3.79. The smallest absolute Gasteiger partial charge is 0.271 e. The van der Waals surface area contributed by atoms with Gasteiger partial charge in [-0.1, -0.05) is 18.7 Å². The highest BCUT2D eigenvalue weighted by molar-refractivity contribution is 5.74. The molecule has 0 aromatic rings. The summed E-state index contributed by atoms with van der Waals surface area (Å²) in [5.74, 6) is 1.07. The first-order valence-electron chi connectivity index (χ1n) is 4.74. The quantitative estimate of drug-likeness (QED) is 0.312. The summed E-state index contributed by atoms with van der Waals surface area (Å²) in [5.41, 5.74) is 0. The summed E-state index contributed by atoms with van der Waals surface area (Å²) in [7, 11) is 8.04. The number of nitrogens with one attached hydrogen (secondary N) is 1. The van der Waals surface area contributed by atoms with E-state index in [0.717, 1.165) is 12.4 Å². The lowest BCUT2D eigenvalue weighted by molar-refractivity contribution is -0.472. The minimum absolute atomic E-state index is 0.243. The van der Waals surface area contributed by atoms with Crippen molar-refractivity contribution in [3.63, 3.8) is 0 Å². The van der Waals surface area contributed by atoms with Crippen LogP contribution >= 0.6 is 0 Å². The Morgan fingerprint density at radius 2 is 2.00 bits per heavy atom. The van der Waals surface area contributed by atoms with Crippen LogP contribution in [0.4, 0.5) is 0 Å². The summed E-state index contributed by atoms with van der Waals surface area (Å²) in [4.78, 5) is 2.04. The Morgan fingerprint density at radius 3 is 2.29 bits per heavy atom. The summed E-state index contributed by atoms with van der Waals surface area (Å²) < 4.78 is 2.04. The van der Waals surface area contributed by atoms with Crippen molar-refractivity contribution in [1.82, 2.24) is 10.2 Å². The fraction of sp³-hybridized carbons (Fsp3) is 0.545. The lowest BCUT2D eigenvalue weighted by Crippen LogP contribution is -2.46. The van der Waals surface area contributed by atoms with Crippen LogP contribution in [0.1, 0.15) is 6.42 Å². The fourth-order valence-electron chi connectivity index (χ4n) is 1.22. The Morgan fingerprint density at radius 1 is 1.43 bits per heavy atom. The predicted molar refractivity (Wildman–Crippen MR) is 62.7 cm³/mol. The molecule has 0 saturated carbocycles. The van der Waals surface area contributed by atoms with Crippen molar-refractivity contribution in [2.75, 3.05) is 28.2 Å². The molecule has 1 atom stereocenters. The predicted octanol–water partition coefficient (Wildman–Crippen LogP) is 0.896. The minimum Gasteiger partial charge on any atom is -0.271 e. The molecule has 0 saturated heterocycles. The molecule has 0 rings (SSSR count). The highest BCUT2D eigenvalue weighted by Gasteiger charge is 2.14. The van der Waals surface area contributed by atoms with Crippen molar-refractivity contribution >= 4 is 5.96 Å². The normalized spacial score (nSPS) is 11.4. The maximum atomic E-state index is 3.79. The molecule has 0 radical (unpaired) electrons. The lowest BCUT2D eigenvalue weighted by atomic mass is 10.2. The zero-order chi connectivity index (χ0) is 11.1. The number of hydrogen-bond acceptors (Lipinski definition) is 0. The molecule has 0 heterocycles. The molecule has 14 heavy (non-hydrogen) atoms. The third-order valence-electron chi connectivity index (χ3n) is 1.87. The van der Waals surface area contributed by atoms with Gasteiger partial charge in [0.05, 0.1) is 34.2 Å².